The van der Waals surface area contributed by atoms with Crippen molar-refractivity contribution in [1.82, 2.24) is 0 Å². The molecular weight excluding hydrogens is 1310 g/mol. The molecule has 3 saturated heterocycles. The van der Waals surface area contributed by atoms with Crippen LogP contribution in [0.3, 0.4) is 0 Å². The summed E-state index contributed by atoms with van der Waals surface area (Å²) in [5.74, 6) is -1.17. The molecule has 0 aliphatic carbocycles. The second kappa shape index (κ2) is 34.4. The third kappa shape index (κ3) is 17.8. The fourth-order valence-corrected chi connectivity index (χ4v) is 6.84. The number of methoxy groups -OCH3 is 1. The number of carbonyl (C=O) groups excluding carboxylic acids is 1. The SMILES string of the molecule is C.COC1OC(COC2OC(COC(=O)c3c(C)c(C)c(C)c(C)c3C)C(O)C(O)C2O)C(OC2OC(CO[Si]C)C(C)C(O)C2O)C(O)C1O.[Y].[Y].[Y].[Y].[Y].[Y].[Y]. The van der Waals surface area contributed by atoms with Crippen molar-refractivity contribution in [2.24, 2.45) is 5.92 Å². The van der Waals surface area contributed by atoms with E-state index in [4.69, 9.17) is 37.6 Å². The number of aliphatic hydroxyl groups is 7. The molecule has 7 N–H and O–H groups in total. The van der Waals surface area contributed by atoms with Crippen LogP contribution >= 0.6 is 0 Å². The first-order chi connectivity index (χ1) is 23.5. The molecule has 15 unspecified atom stereocenters. The van der Waals surface area contributed by atoms with E-state index in [1.165, 1.54) is 7.11 Å². The van der Waals surface area contributed by atoms with Gasteiger partial charge < -0.3 is 73.3 Å². The molecule has 3 heterocycles. The van der Waals surface area contributed by atoms with Crippen molar-refractivity contribution in [3.63, 3.8) is 0 Å². The van der Waals surface area contributed by atoms with Gasteiger partial charge in [0.25, 0.3) is 0 Å². The molecule has 15 atom stereocenters. The average molecular weight is 1370 g/mol. The van der Waals surface area contributed by atoms with E-state index >= 15 is 0 Å². The molecule has 1 aromatic carbocycles. The van der Waals surface area contributed by atoms with Gasteiger partial charge in [-0.25, -0.2) is 4.79 Å². The van der Waals surface area contributed by atoms with Crippen LogP contribution in [0.25, 0.3) is 0 Å². The second-order valence-corrected chi connectivity index (χ2v) is 13.9. The predicted molar refractivity (Wildman–Crippen MR) is 180 cm³/mol. The van der Waals surface area contributed by atoms with Crippen LogP contribution in [0.4, 0.5) is 0 Å². The Bertz CT molecular complexity index is 1300. The Morgan fingerprint density at radius 3 is 1.57 bits per heavy atom. The minimum absolute atomic E-state index is 0. The van der Waals surface area contributed by atoms with Crippen LogP contribution in [0.15, 0.2) is 0 Å². The molecule has 3 aliphatic rings. The normalized spacial score (nSPS) is 33.9. The molecule has 3 fully saturated rings. The van der Waals surface area contributed by atoms with Crippen molar-refractivity contribution >= 4 is 15.7 Å². The Labute approximate surface area is 521 Å². The van der Waals surface area contributed by atoms with Crippen LogP contribution in [0.2, 0.25) is 6.55 Å². The molecule has 24 heteroatoms. The van der Waals surface area contributed by atoms with Gasteiger partial charge in [0.05, 0.1) is 31.0 Å². The Morgan fingerprint density at radius 1 is 0.586 bits per heavy atom. The van der Waals surface area contributed by atoms with E-state index in [2.05, 4.69) is 0 Å². The van der Waals surface area contributed by atoms with Gasteiger partial charge in [-0.2, -0.15) is 0 Å². The fourth-order valence-electron chi connectivity index (χ4n) is 6.51. The van der Waals surface area contributed by atoms with Gasteiger partial charge in [0.15, 0.2) is 18.9 Å². The first-order valence-electron chi connectivity index (χ1n) is 16.6. The van der Waals surface area contributed by atoms with Crippen molar-refractivity contribution in [2.45, 2.75) is 142 Å². The van der Waals surface area contributed by atoms with Gasteiger partial charge in [-0.05, 0) is 69.0 Å². The molecular formula is C34H56O16SiY7. The monoisotopic (exact) mass is 1370 g/mol. The van der Waals surface area contributed by atoms with Crippen molar-refractivity contribution in [2.75, 3.05) is 26.9 Å². The molecule has 3 aliphatic heterocycles. The summed E-state index contributed by atoms with van der Waals surface area (Å²) in [6, 6.07) is 0. The maximum absolute atomic E-state index is 13.2. The summed E-state index contributed by atoms with van der Waals surface area (Å²) < 4.78 is 45.3. The van der Waals surface area contributed by atoms with Crippen LogP contribution < -0.4 is 0 Å². The molecule has 16 nitrogen and oxygen atoms in total. The van der Waals surface area contributed by atoms with E-state index in [0.29, 0.717) is 5.56 Å². The van der Waals surface area contributed by atoms with Crippen LogP contribution in [-0.2, 0) is 267 Å². The van der Waals surface area contributed by atoms with Gasteiger partial charge in [-0.3, -0.25) is 0 Å². The summed E-state index contributed by atoms with van der Waals surface area (Å²) >= 11 is 0. The molecule has 1 aromatic rings. The van der Waals surface area contributed by atoms with Crippen LogP contribution in [-0.4, -0.2) is 164 Å². The number of hydrogen-bond acceptors (Lipinski definition) is 16. The quantitative estimate of drug-likeness (QED) is 0.0991. The molecule has 58 heavy (non-hydrogen) atoms. The summed E-state index contributed by atoms with van der Waals surface area (Å²) in [7, 11) is 1.39. The number of aliphatic hydroxyl groups excluding tert-OH is 7. The van der Waals surface area contributed by atoms with E-state index < -0.39 is 111 Å². The Morgan fingerprint density at radius 2 is 1.05 bits per heavy atom. The zero-order valence-corrected chi connectivity index (χ0v) is 54.5. The Balaban J connectivity index is -0.00000117. The zero-order chi connectivity index (χ0) is 37.2. The van der Waals surface area contributed by atoms with Crippen LogP contribution in [0.5, 0.6) is 0 Å². The smallest absolute Gasteiger partial charge is 0.338 e. The molecule has 313 valence electrons. The van der Waals surface area contributed by atoms with E-state index in [-0.39, 0.29) is 253 Å². The summed E-state index contributed by atoms with van der Waals surface area (Å²) in [6.07, 6.45) is -20.4. The van der Waals surface area contributed by atoms with Crippen molar-refractivity contribution < 1.29 is 307 Å². The maximum Gasteiger partial charge on any atom is 0.338 e. The van der Waals surface area contributed by atoms with Gasteiger partial charge >= 0.3 is 5.97 Å². The number of esters is 1. The minimum atomic E-state index is -1.76. The largest absolute Gasteiger partial charge is 0.459 e. The number of ether oxygens (including phenoxy) is 7. The van der Waals surface area contributed by atoms with Gasteiger partial charge in [0.2, 0.25) is 9.76 Å². The summed E-state index contributed by atoms with van der Waals surface area (Å²) in [4.78, 5) is 13.2. The van der Waals surface area contributed by atoms with E-state index in [1.54, 1.807) is 6.92 Å². The minimum Gasteiger partial charge on any atom is -0.459 e. The number of carbonyl (C=O) groups is 1. The standard InChI is InChI=1S/C33H52O16Si.CH4.7Y/c1-12-13(2)15(4)21(16(5)14(12)3)30(41)43-9-19-23(35)24(36)27(39)32(47-19)44-10-20-29(25(37)28(40)31(42-7)48-20)49-33-26(38)22(34)17(6)18(46-33)11-45-50-8;;;;;;;;/h17-20,22-29,31-40H,9-11H2,1-8H3;1H4;;;;;;;. The van der Waals surface area contributed by atoms with E-state index in [9.17, 15) is 40.5 Å². The molecule has 9 radical (unpaired) electrons. The Kier molecular flexibility index (Phi) is 43.3. The average Bonchev–Trinajstić information content (AvgIpc) is 3.10. The third-order valence-electron chi connectivity index (χ3n) is 10.3. The summed E-state index contributed by atoms with van der Waals surface area (Å²) in [5.41, 5.74) is 4.85. The molecule has 0 aromatic heterocycles. The van der Waals surface area contributed by atoms with E-state index in [0.717, 1.165) is 27.8 Å². The van der Waals surface area contributed by atoms with Crippen LogP contribution in [0.1, 0.15) is 52.5 Å². The van der Waals surface area contributed by atoms with Crippen molar-refractivity contribution in [1.29, 1.82) is 0 Å². The fraction of sp³-hybridized carbons (Fsp3) is 0.794. The van der Waals surface area contributed by atoms with Crippen molar-refractivity contribution in [3.05, 3.63) is 33.4 Å². The van der Waals surface area contributed by atoms with Crippen LogP contribution in [0, 0.1) is 40.5 Å². The third-order valence-corrected chi connectivity index (χ3v) is 10.8. The number of rotatable bonds is 12. The first kappa shape index (κ1) is 73.0. The molecule has 0 amide bonds. The number of benzene rings is 1. The van der Waals surface area contributed by atoms with Gasteiger partial charge in [-0.15, -0.1) is 0 Å². The maximum atomic E-state index is 13.2. The van der Waals surface area contributed by atoms with Gasteiger partial charge in [-0.1, -0.05) is 14.4 Å². The van der Waals surface area contributed by atoms with Gasteiger partial charge in [0, 0.05) is 242 Å². The molecule has 0 bridgehead atoms. The van der Waals surface area contributed by atoms with E-state index in [1.807, 2.05) is 41.2 Å². The molecule has 4 rings (SSSR count). The van der Waals surface area contributed by atoms with Gasteiger partial charge in [0.1, 0.15) is 61.5 Å². The second-order valence-electron chi connectivity index (χ2n) is 13.2. The summed E-state index contributed by atoms with van der Waals surface area (Å²) in [5, 5.41) is 75.2. The zero-order valence-electron chi connectivity index (χ0n) is 33.6. The summed E-state index contributed by atoms with van der Waals surface area (Å²) in [6.45, 7) is 12.0. The molecule has 0 saturated carbocycles. The van der Waals surface area contributed by atoms with Crippen molar-refractivity contribution in [3.8, 4) is 0 Å². The molecule has 0 spiro atoms. The first-order valence-corrected chi connectivity index (χ1v) is 18.0. The topological polar surface area (TPSA) is 233 Å². The predicted octanol–water partition coefficient (Wildman–Crippen LogP) is -0.927. The Hall–Kier alpha value is 6.07. The number of hydrogen-bond donors (Lipinski definition) is 7.